The van der Waals surface area contributed by atoms with Crippen molar-refractivity contribution in [3.05, 3.63) is 6.92 Å². The minimum atomic E-state index is 0. The monoisotopic (exact) mass is 527 g/mol. The van der Waals surface area contributed by atoms with Gasteiger partial charge in [0.05, 0.1) is 0 Å². The summed E-state index contributed by atoms with van der Waals surface area (Å²) in [6, 6.07) is 0. The molecule has 0 amide bonds. The fourth-order valence-corrected chi connectivity index (χ4v) is 0. The Morgan fingerprint density at radius 3 is 1.38 bits per heavy atom. The van der Waals surface area contributed by atoms with Gasteiger partial charge >= 0.3 is 50.5 Å². The van der Waals surface area contributed by atoms with Crippen LogP contribution in [0.5, 0.6) is 0 Å². The molecular weight excluding hydrogens is 518 g/mol. The topological polar surface area (TPSA) is 0 Å². The van der Waals surface area contributed by atoms with Crippen LogP contribution in [0.3, 0.4) is 0 Å². The van der Waals surface area contributed by atoms with E-state index in [0.717, 1.165) is 0 Å². The molecule has 0 unspecified atom stereocenters. The largest absolute Gasteiger partial charge is 0.341 e. The van der Waals surface area contributed by atoms with E-state index in [1.165, 1.54) is 0 Å². The Morgan fingerprint density at radius 1 is 1.38 bits per heavy atom. The van der Waals surface area contributed by atoms with Gasteiger partial charge in [-0.3, -0.25) is 0 Å². The molecule has 0 nitrogen and oxygen atoms in total. The number of halogens is 3. The van der Waals surface area contributed by atoms with Crippen molar-refractivity contribution in [3.63, 3.8) is 0 Å². The van der Waals surface area contributed by atoms with Crippen LogP contribution in [0.4, 0.5) is 0 Å². The van der Waals surface area contributed by atoms with Crippen molar-refractivity contribution in [2.75, 3.05) is 0 Å². The Morgan fingerprint density at radius 2 is 1.38 bits per heavy atom. The van der Waals surface area contributed by atoms with E-state index in [1.807, 2.05) is 0 Å². The molecule has 0 fully saturated rings. The normalized spacial score (nSPS) is 7.25. The van der Waals surface area contributed by atoms with Gasteiger partial charge in [-0.2, -0.15) is 5.92 Å². The third kappa shape index (κ3) is 58.9. The van der Waals surface area contributed by atoms with E-state index in [0.29, 0.717) is 19.2 Å². The summed E-state index contributed by atoms with van der Waals surface area (Å²) in [4.78, 5) is 0. The first kappa shape index (κ1) is 17.4. The van der Waals surface area contributed by atoms with Gasteiger partial charge in [-0.25, -0.2) is 0 Å². The van der Waals surface area contributed by atoms with Crippen LogP contribution in [0, 0.1) is 12.8 Å². The summed E-state index contributed by atoms with van der Waals surface area (Å²) >= 11 is 5.30. The van der Waals surface area contributed by atoms with E-state index in [9.17, 15) is 0 Å². The summed E-state index contributed by atoms with van der Waals surface area (Å²) in [6.07, 6.45) is 0. The summed E-state index contributed by atoms with van der Waals surface area (Å²) in [6.45, 7) is 7.75. The molecule has 0 saturated carbocycles. The molecule has 0 aliphatic rings. The van der Waals surface area contributed by atoms with Gasteiger partial charge in [0.25, 0.3) is 0 Å². The van der Waals surface area contributed by atoms with Crippen molar-refractivity contribution in [2.24, 2.45) is 5.92 Å². The van der Waals surface area contributed by atoms with E-state index in [-0.39, 0.29) is 32.7 Å². The molecule has 4 heteroatoms. The summed E-state index contributed by atoms with van der Waals surface area (Å²) in [5, 5.41) is 0. The minimum absolute atomic E-state index is 0. The molecule has 1 radical (unpaired) electrons. The van der Waals surface area contributed by atoms with E-state index < -0.39 is 0 Å². The fraction of sp³-hybridized carbons (Fsp3) is 0.750. The second-order valence-corrected chi connectivity index (χ2v) is 17.7. The van der Waals surface area contributed by atoms with Crippen LogP contribution in [0.1, 0.15) is 13.8 Å². The maximum Gasteiger partial charge on any atom is 0 e. The van der Waals surface area contributed by atoms with Gasteiger partial charge in [0.2, 0.25) is 0 Å². The molecule has 0 N–H and O–H groups in total. The third-order valence-corrected chi connectivity index (χ3v) is 0. The van der Waals surface area contributed by atoms with Crippen LogP contribution in [-0.2, 0) is 32.7 Å². The van der Waals surface area contributed by atoms with Crippen molar-refractivity contribution in [1.82, 2.24) is 0 Å². The molecule has 0 aromatic carbocycles. The number of hydrogen-bond donors (Lipinski definition) is 0. The van der Waals surface area contributed by atoms with Crippen molar-refractivity contribution < 1.29 is 46.0 Å². The smallest absolute Gasteiger partial charge is 0 e. The standard InChI is InChI=1S/C4H9.I3.Y/c1-4(2)3;1-3-2;/h4H,1H2,2-3H3;;/q2*-1;. The van der Waals surface area contributed by atoms with Crippen LogP contribution in [0.25, 0.3) is 0 Å². The van der Waals surface area contributed by atoms with Crippen LogP contribution < -0.4 is 13.3 Å². The Kier molecular flexibility index (Phi) is 36.3. The van der Waals surface area contributed by atoms with Gasteiger partial charge in [-0.15, -0.1) is 0 Å². The quantitative estimate of drug-likeness (QED) is 0.314. The van der Waals surface area contributed by atoms with E-state index in [2.05, 4.69) is 58.0 Å². The molecule has 0 aromatic heterocycles. The van der Waals surface area contributed by atoms with Crippen molar-refractivity contribution in [1.29, 1.82) is 0 Å². The zero-order valence-electron chi connectivity index (χ0n) is 5.00. The fourth-order valence-electron chi connectivity index (χ4n) is 0. The number of rotatable bonds is 0. The second kappa shape index (κ2) is 16.7. The molecule has 0 heterocycles. The molecule has 0 saturated heterocycles. The molecule has 0 aliphatic carbocycles. The van der Waals surface area contributed by atoms with Gasteiger partial charge < -0.3 is 6.92 Å². The van der Waals surface area contributed by atoms with Crippen LogP contribution in [-0.4, -0.2) is 0 Å². The maximum absolute atomic E-state index is 3.64. The van der Waals surface area contributed by atoms with Gasteiger partial charge in [0.15, 0.2) is 0 Å². The SMILES string of the molecule is I[I-]I.[CH2-]C(C)C.[Y]. The van der Waals surface area contributed by atoms with Crippen LogP contribution >= 0.6 is 37.2 Å². The van der Waals surface area contributed by atoms with Gasteiger partial charge in [-0.05, 0) is 0 Å². The van der Waals surface area contributed by atoms with Gasteiger partial charge in [0, 0.05) is 32.7 Å². The van der Waals surface area contributed by atoms with Crippen LogP contribution in [0.15, 0.2) is 0 Å². The van der Waals surface area contributed by atoms with E-state index in [1.54, 1.807) is 0 Å². The Bertz CT molecular complexity index is 22.5. The zero-order valence-corrected chi connectivity index (χ0v) is 14.3. The van der Waals surface area contributed by atoms with Crippen LogP contribution in [0.2, 0.25) is 0 Å². The third-order valence-electron chi connectivity index (χ3n) is 0. The van der Waals surface area contributed by atoms with Crippen molar-refractivity contribution >= 4 is 37.2 Å². The zero-order chi connectivity index (χ0) is 6.28. The molecule has 0 spiro atoms. The molecule has 0 atom stereocenters. The molecule has 0 aliphatic heterocycles. The van der Waals surface area contributed by atoms with Crippen molar-refractivity contribution in [3.8, 4) is 0 Å². The summed E-state index contributed by atoms with van der Waals surface area (Å²) in [5.41, 5.74) is 0. The summed E-state index contributed by atoms with van der Waals surface area (Å²) in [7, 11) is 0. The first-order chi connectivity index (χ1) is 3.15. The Labute approximate surface area is 107 Å². The maximum atomic E-state index is 3.64. The molecule has 51 valence electrons. The second-order valence-electron chi connectivity index (χ2n) is 1.45. The first-order valence-electron chi connectivity index (χ1n) is 1.85. The van der Waals surface area contributed by atoms with Gasteiger partial charge in [-0.1, -0.05) is 13.8 Å². The summed E-state index contributed by atoms with van der Waals surface area (Å²) in [5.74, 6) is 0.583. The van der Waals surface area contributed by atoms with Crippen molar-refractivity contribution in [2.45, 2.75) is 13.8 Å². The molecule has 0 rings (SSSR count). The Hall–Kier alpha value is 3.29. The average molecular weight is 527 g/mol. The van der Waals surface area contributed by atoms with Gasteiger partial charge in [0.1, 0.15) is 0 Å². The summed E-state index contributed by atoms with van der Waals surface area (Å²) < 4.78 is 0. The van der Waals surface area contributed by atoms with E-state index >= 15 is 0 Å². The average Bonchev–Trinajstić information content (AvgIpc) is 1.33. The minimum Gasteiger partial charge on any atom is -0.341 e. The first-order valence-corrected chi connectivity index (χ1v) is 14.4. The Balaban J connectivity index is -0.0000000575. The molecule has 0 bridgehead atoms. The van der Waals surface area contributed by atoms with E-state index in [4.69, 9.17) is 0 Å². The predicted octanol–water partition coefficient (Wildman–Crippen LogP) is 0.249. The molecule has 0 aromatic rings. The number of hydrogen-bond acceptors (Lipinski definition) is 0. The predicted molar refractivity (Wildman–Crippen MR) is 48.2 cm³/mol. The molecule has 8 heavy (non-hydrogen) atoms. The molecular formula is C4H9I3Y-2.